The second-order valence-corrected chi connectivity index (χ2v) is 8.77. The molecule has 3 heterocycles. The van der Waals surface area contributed by atoms with E-state index in [1.807, 2.05) is 6.20 Å². The lowest BCUT2D eigenvalue weighted by molar-refractivity contribution is 0.0761. The molecule has 0 saturated heterocycles. The standard InChI is InChI=1S/C23H26N8O2/c1-13-16(7-5-14-6-8-17-15(9-14)10-26-28-17)19(13)21-27-18(33-29-21)11-30(3)23(32)20-22(24-2)25-12-31(20)4/h6,8-10,12-13,16,19H,2,5,7,11H2,1,3-4H3,(H,26,28). The third kappa shape index (κ3) is 3.92. The number of benzene rings is 1. The highest BCUT2D eigenvalue weighted by molar-refractivity contribution is 5.96. The number of imidazole rings is 1. The Kier molecular flexibility index (Phi) is 5.27. The fourth-order valence-corrected chi connectivity index (χ4v) is 4.60. The molecule has 3 unspecified atom stereocenters. The maximum atomic E-state index is 12.8. The van der Waals surface area contributed by atoms with Crippen LogP contribution < -0.4 is 0 Å². The van der Waals surface area contributed by atoms with Gasteiger partial charge >= 0.3 is 0 Å². The predicted octanol–water partition coefficient (Wildman–Crippen LogP) is 3.27. The van der Waals surface area contributed by atoms with Gasteiger partial charge < -0.3 is 14.0 Å². The van der Waals surface area contributed by atoms with E-state index in [-0.39, 0.29) is 18.4 Å². The molecule has 10 heteroatoms. The lowest BCUT2D eigenvalue weighted by Gasteiger charge is -2.15. The highest BCUT2D eigenvalue weighted by Crippen LogP contribution is 2.55. The van der Waals surface area contributed by atoms with Gasteiger partial charge in [-0.1, -0.05) is 18.1 Å². The zero-order chi connectivity index (χ0) is 23.1. The summed E-state index contributed by atoms with van der Waals surface area (Å²) in [6.45, 7) is 5.92. The Hall–Kier alpha value is -3.82. The number of rotatable bonds is 8. The average Bonchev–Trinajstić information content (AvgIpc) is 3.27. The van der Waals surface area contributed by atoms with Crippen LogP contribution in [0.25, 0.3) is 10.9 Å². The molecule has 0 aliphatic heterocycles. The molecule has 1 fully saturated rings. The molecule has 0 radical (unpaired) electrons. The minimum atomic E-state index is -0.232. The van der Waals surface area contributed by atoms with Crippen molar-refractivity contribution in [3.8, 4) is 0 Å². The lowest BCUT2D eigenvalue weighted by atomic mass is 10.0. The third-order valence-corrected chi connectivity index (χ3v) is 6.60. The first-order chi connectivity index (χ1) is 16.0. The lowest BCUT2D eigenvalue weighted by Crippen LogP contribution is -2.28. The molecule has 0 spiro atoms. The van der Waals surface area contributed by atoms with E-state index >= 15 is 0 Å². The van der Waals surface area contributed by atoms with Crippen molar-refractivity contribution in [3.05, 3.63) is 53.7 Å². The summed E-state index contributed by atoms with van der Waals surface area (Å²) in [6, 6.07) is 6.42. The topological polar surface area (TPSA) is 118 Å². The van der Waals surface area contributed by atoms with Gasteiger partial charge in [0, 0.05) is 25.4 Å². The van der Waals surface area contributed by atoms with Gasteiger partial charge in [-0.2, -0.15) is 10.1 Å². The Morgan fingerprint density at radius 1 is 1.39 bits per heavy atom. The van der Waals surface area contributed by atoms with Crippen molar-refractivity contribution in [2.75, 3.05) is 7.05 Å². The van der Waals surface area contributed by atoms with E-state index in [0.29, 0.717) is 29.2 Å². The highest BCUT2D eigenvalue weighted by atomic mass is 16.5. The van der Waals surface area contributed by atoms with Gasteiger partial charge in [0.05, 0.1) is 18.0 Å². The maximum absolute atomic E-state index is 12.8. The third-order valence-electron chi connectivity index (χ3n) is 6.60. The summed E-state index contributed by atoms with van der Waals surface area (Å²) in [6.07, 6.45) is 5.46. The number of carbonyl (C=O) groups excluding carboxylic acids is 1. The van der Waals surface area contributed by atoms with Gasteiger partial charge in [0.15, 0.2) is 17.3 Å². The van der Waals surface area contributed by atoms with E-state index in [1.54, 1.807) is 18.7 Å². The number of aromatic amines is 1. The van der Waals surface area contributed by atoms with E-state index in [9.17, 15) is 4.79 Å². The van der Waals surface area contributed by atoms with Crippen molar-refractivity contribution in [1.29, 1.82) is 0 Å². The Morgan fingerprint density at radius 2 is 2.24 bits per heavy atom. The number of H-pyrrole nitrogens is 1. The molecule has 1 aliphatic rings. The van der Waals surface area contributed by atoms with Gasteiger partial charge in [0.2, 0.25) is 5.89 Å². The molecule has 1 N–H and O–H groups in total. The van der Waals surface area contributed by atoms with Crippen molar-refractivity contribution in [3.63, 3.8) is 0 Å². The van der Waals surface area contributed by atoms with Crippen LogP contribution in [0.2, 0.25) is 0 Å². The van der Waals surface area contributed by atoms with Gasteiger partial charge in [-0.05, 0) is 49.1 Å². The van der Waals surface area contributed by atoms with Gasteiger partial charge in [-0.15, -0.1) is 0 Å². The number of carbonyl (C=O) groups is 1. The minimum absolute atomic E-state index is 0.212. The summed E-state index contributed by atoms with van der Waals surface area (Å²) in [5, 5.41) is 12.4. The Morgan fingerprint density at radius 3 is 3.06 bits per heavy atom. The highest BCUT2D eigenvalue weighted by Gasteiger charge is 2.49. The van der Waals surface area contributed by atoms with Crippen LogP contribution in [0.15, 0.2) is 40.2 Å². The number of aryl methyl sites for hydroxylation is 2. The normalized spacial score (nSPS) is 19.7. The molecular weight excluding hydrogens is 420 g/mol. The molecule has 1 amide bonds. The average molecular weight is 447 g/mol. The number of nitrogens with zero attached hydrogens (tertiary/aromatic N) is 7. The van der Waals surface area contributed by atoms with E-state index < -0.39 is 0 Å². The van der Waals surface area contributed by atoms with E-state index in [0.717, 1.165) is 29.6 Å². The quantitative estimate of drug-likeness (QED) is 0.415. The molecule has 33 heavy (non-hydrogen) atoms. The van der Waals surface area contributed by atoms with Gasteiger partial charge in [0.25, 0.3) is 5.91 Å². The zero-order valence-corrected chi connectivity index (χ0v) is 18.9. The molecule has 0 bridgehead atoms. The summed E-state index contributed by atoms with van der Waals surface area (Å²) < 4.78 is 7.09. The van der Waals surface area contributed by atoms with Crippen LogP contribution in [0.3, 0.4) is 0 Å². The second-order valence-electron chi connectivity index (χ2n) is 8.77. The van der Waals surface area contributed by atoms with Crippen molar-refractivity contribution in [1.82, 2.24) is 34.8 Å². The van der Waals surface area contributed by atoms with Crippen molar-refractivity contribution in [2.45, 2.75) is 32.2 Å². The van der Waals surface area contributed by atoms with Crippen LogP contribution in [0.5, 0.6) is 0 Å². The van der Waals surface area contributed by atoms with Crippen molar-refractivity contribution < 1.29 is 9.32 Å². The molecular formula is C23H26N8O2. The fourth-order valence-electron chi connectivity index (χ4n) is 4.60. The molecule has 1 saturated carbocycles. The second kappa shape index (κ2) is 8.27. The number of aromatic nitrogens is 6. The van der Waals surface area contributed by atoms with Crippen LogP contribution in [0.4, 0.5) is 5.82 Å². The largest absolute Gasteiger partial charge is 0.337 e. The number of fused-ring (bicyclic) bond motifs is 1. The summed E-state index contributed by atoms with van der Waals surface area (Å²) in [5.41, 5.74) is 2.73. The van der Waals surface area contributed by atoms with Gasteiger partial charge in [0.1, 0.15) is 6.54 Å². The summed E-state index contributed by atoms with van der Waals surface area (Å²) in [4.78, 5) is 26.8. The molecule has 1 aliphatic carbocycles. The number of hydrogen-bond donors (Lipinski definition) is 1. The zero-order valence-electron chi connectivity index (χ0n) is 18.9. The Bertz CT molecular complexity index is 1320. The van der Waals surface area contributed by atoms with E-state index in [2.05, 4.69) is 62.2 Å². The van der Waals surface area contributed by atoms with Crippen LogP contribution in [0.1, 0.15) is 47.0 Å². The van der Waals surface area contributed by atoms with Gasteiger partial charge in [-0.3, -0.25) is 9.89 Å². The molecule has 3 aromatic heterocycles. The molecule has 5 rings (SSSR count). The Balaban J connectivity index is 1.20. The molecule has 3 atom stereocenters. The molecule has 170 valence electrons. The van der Waals surface area contributed by atoms with E-state index in [1.165, 1.54) is 16.8 Å². The first kappa shape index (κ1) is 21.0. The van der Waals surface area contributed by atoms with Gasteiger partial charge in [-0.25, -0.2) is 9.98 Å². The van der Waals surface area contributed by atoms with Crippen LogP contribution in [-0.2, 0) is 20.0 Å². The number of nitrogens with one attached hydrogen (secondary N) is 1. The number of hydrogen-bond acceptors (Lipinski definition) is 7. The van der Waals surface area contributed by atoms with Crippen LogP contribution >= 0.6 is 0 Å². The summed E-state index contributed by atoms with van der Waals surface area (Å²) >= 11 is 0. The molecule has 10 nitrogen and oxygen atoms in total. The first-order valence-corrected chi connectivity index (χ1v) is 10.9. The van der Waals surface area contributed by atoms with Crippen LogP contribution in [-0.4, -0.2) is 54.5 Å². The first-order valence-electron chi connectivity index (χ1n) is 10.9. The predicted molar refractivity (Wildman–Crippen MR) is 122 cm³/mol. The number of amides is 1. The minimum Gasteiger partial charge on any atom is -0.337 e. The monoisotopic (exact) mass is 446 g/mol. The summed E-state index contributed by atoms with van der Waals surface area (Å²) in [7, 11) is 3.43. The van der Waals surface area contributed by atoms with Crippen molar-refractivity contribution in [2.24, 2.45) is 23.9 Å². The number of aliphatic imine (C=N–C) groups is 1. The molecule has 1 aromatic carbocycles. The molecule has 4 aromatic rings. The maximum Gasteiger partial charge on any atom is 0.274 e. The Labute approximate surface area is 190 Å². The van der Waals surface area contributed by atoms with Crippen molar-refractivity contribution >= 4 is 29.3 Å². The smallest absolute Gasteiger partial charge is 0.274 e. The summed E-state index contributed by atoms with van der Waals surface area (Å²) in [5.74, 6) is 2.53. The van der Waals surface area contributed by atoms with E-state index in [4.69, 9.17) is 4.52 Å². The SMILES string of the molecule is C=Nc1ncn(C)c1C(=O)N(C)Cc1nc(C2C(C)C2CCc2ccc3[nH]ncc3c2)no1. The van der Waals surface area contributed by atoms with Crippen LogP contribution in [0, 0.1) is 11.8 Å². The fraction of sp³-hybridized carbons (Fsp3) is 0.391.